The molecule has 1 atom stereocenters. The van der Waals surface area contributed by atoms with Crippen molar-refractivity contribution in [3.63, 3.8) is 0 Å². The number of ether oxygens (including phenoxy) is 1. The van der Waals surface area contributed by atoms with Crippen LogP contribution in [0.4, 0.5) is 0 Å². The zero-order chi connectivity index (χ0) is 10.6. The summed E-state index contributed by atoms with van der Waals surface area (Å²) in [4.78, 5) is 0. The predicted octanol–water partition coefficient (Wildman–Crippen LogP) is 3.36. The fraction of sp³-hybridized carbons (Fsp3) is 1.00. The molecule has 4 heteroatoms. The molecule has 0 heterocycles. The van der Waals surface area contributed by atoms with Crippen molar-refractivity contribution in [3.05, 3.63) is 0 Å². The van der Waals surface area contributed by atoms with Gasteiger partial charge < -0.3 is 4.74 Å². The minimum atomic E-state index is -1.40. The molecule has 0 saturated heterocycles. The van der Waals surface area contributed by atoms with Crippen molar-refractivity contribution in [1.82, 2.24) is 0 Å². The zero-order valence-corrected chi connectivity index (χ0v) is 10.2. The van der Waals surface area contributed by atoms with E-state index in [0.29, 0.717) is 6.61 Å². The van der Waals surface area contributed by atoms with Crippen molar-refractivity contribution < 1.29 is 13.8 Å². The molecule has 0 spiro atoms. The van der Waals surface area contributed by atoms with Crippen LogP contribution < -0.4 is 0 Å². The van der Waals surface area contributed by atoms with Crippen molar-refractivity contribution in [2.75, 3.05) is 27.0 Å². The highest BCUT2D eigenvalue weighted by Gasteiger charge is 2.04. The Hall–Kier alpha value is 0.0200. The van der Waals surface area contributed by atoms with Gasteiger partial charge in [-0.15, -0.1) is 4.52 Å². The molecule has 0 aliphatic carbocycles. The summed E-state index contributed by atoms with van der Waals surface area (Å²) in [5.41, 5.74) is 0. The van der Waals surface area contributed by atoms with E-state index in [1.165, 1.54) is 25.7 Å². The second-order valence-electron chi connectivity index (χ2n) is 3.39. The SMILES string of the molecule is COCCCCCCCCO[P+](C)=O. The van der Waals surface area contributed by atoms with Crippen molar-refractivity contribution in [1.29, 1.82) is 0 Å². The van der Waals surface area contributed by atoms with Gasteiger partial charge in [0.15, 0.2) is 6.66 Å². The Balaban J connectivity index is 2.88. The van der Waals surface area contributed by atoms with Crippen molar-refractivity contribution >= 4 is 8.03 Å². The smallest absolute Gasteiger partial charge is 0.385 e. The summed E-state index contributed by atoms with van der Waals surface area (Å²) in [7, 11) is 0.340. The number of unbranched alkanes of at least 4 members (excludes halogenated alkanes) is 5. The maximum Gasteiger partial charge on any atom is 0.504 e. The van der Waals surface area contributed by atoms with Gasteiger partial charge in [-0.1, -0.05) is 25.7 Å². The minimum Gasteiger partial charge on any atom is -0.385 e. The maximum atomic E-state index is 10.6. The van der Waals surface area contributed by atoms with E-state index in [9.17, 15) is 4.57 Å². The molecule has 0 aromatic rings. The van der Waals surface area contributed by atoms with Gasteiger partial charge in [0.1, 0.15) is 6.61 Å². The van der Waals surface area contributed by atoms with Crippen molar-refractivity contribution in [3.8, 4) is 0 Å². The average Bonchev–Trinajstić information content (AvgIpc) is 2.15. The third-order valence-electron chi connectivity index (χ3n) is 2.02. The summed E-state index contributed by atoms with van der Waals surface area (Å²) >= 11 is 0. The molecule has 0 aromatic carbocycles. The van der Waals surface area contributed by atoms with E-state index in [1.54, 1.807) is 13.8 Å². The molecule has 0 aliphatic rings. The van der Waals surface area contributed by atoms with Crippen molar-refractivity contribution in [2.24, 2.45) is 0 Å². The average molecular weight is 221 g/mol. The Morgan fingerprint density at radius 3 is 1.93 bits per heavy atom. The minimum absolute atomic E-state index is 0.643. The molecular formula is C10H22O3P+. The highest BCUT2D eigenvalue weighted by Crippen LogP contribution is 2.16. The first-order valence-electron chi connectivity index (χ1n) is 5.30. The van der Waals surface area contributed by atoms with E-state index in [-0.39, 0.29) is 0 Å². The molecule has 0 aromatic heterocycles. The van der Waals surface area contributed by atoms with Crippen LogP contribution in [-0.2, 0) is 13.8 Å². The molecule has 0 aliphatic heterocycles. The molecule has 0 rings (SSSR count). The Morgan fingerprint density at radius 2 is 1.43 bits per heavy atom. The summed E-state index contributed by atoms with van der Waals surface area (Å²) in [5, 5.41) is 0. The van der Waals surface area contributed by atoms with Crippen LogP contribution in [0.15, 0.2) is 0 Å². The quantitative estimate of drug-likeness (QED) is 0.419. The number of methoxy groups -OCH3 is 1. The fourth-order valence-corrected chi connectivity index (χ4v) is 1.63. The third kappa shape index (κ3) is 12.0. The van der Waals surface area contributed by atoms with E-state index in [1.807, 2.05) is 0 Å². The Kier molecular flexibility index (Phi) is 11.1. The van der Waals surface area contributed by atoms with Gasteiger partial charge in [-0.25, -0.2) is 0 Å². The molecule has 14 heavy (non-hydrogen) atoms. The third-order valence-corrected chi connectivity index (χ3v) is 2.56. The Labute approximate surface area is 88.0 Å². The summed E-state index contributed by atoms with van der Waals surface area (Å²) in [6.07, 6.45) is 7.12. The summed E-state index contributed by atoms with van der Waals surface area (Å²) < 4.78 is 20.5. The predicted molar refractivity (Wildman–Crippen MR) is 59.1 cm³/mol. The van der Waals surface area contributed by atoms with E-state index in [0.717, 1.165) is 19.4 Å². The van der Waals surface area contributed by atoms with Crippen LogP contribution in [0.25, 0.3) is 0 Å². The van der Waals surface area contributed by atoms with Crippen LogP contribution in [0, 0.1) is 0 Å². The van der Waals surface area contributed by atoms with Crippen LogP contribution in [0.5, 0.6) is 0 Å². The van der Waals surface area contributed by atoms with Gasteiger partial charge in [0.05, 0.1) is 0 Å². The van der Waals surface area contributed by atoms with Crippen LogP contribution in [0.2, 0.25) is 0 Å². The lowest BCUT2D eigenvalue weighted by Gasteiger charge is -1.99. The molecule has 0 N–H and O–H groups in total. The summed E-state index contributed by atoms with van der Waals surface area (Å²) in [6, 6.07) is 0. The molecule has 1 unspecified atom stereocenters. The molecule has 84 valence electrons. The van der Waals surface area contributed by atoms with E-state index in [2.05, 4.69) is 0 Å². The standard InChI is InChI=1S/C10H22O3P/c1-12-9-7-5-3-4-6-8-10-13-14(2)11/h3-10H2,1-2H3/q+1. The van der Waals surface area contributed by atoms with Crippen LogP contribution >= 0.6 is 8.03 Å². The lowest BCUT2D eigenvalue weighted by atomic mass is 10.1. The highest BCUT2D eigenvalue weighted by atomic mass is 31.1. The van der Waals surface area contributed by atoms with Gasteiger partial charge in [0, 0.05) is 13.7 Å². The van der Waals surface area contributed by atoms with Crippen LogP contribution in [-0.4, -0.2) is 27.0 Å². The van der Waals surface area contributed by atoms with E-state index in [4.69, 9.17) is 9.26 Å². The Bertz CT molecular complexity index is 139. The van der Waals surface area contributed by atoms with Gasteiger partial charge in [-0.3, -0.25) is 0 Å². The first-order valence-corrected chi connectivity index (χ1v) is 6.92. The number of hydrogen-bond donors (Lipinski definition) is 0. The fourth-order valence-electron chi connectivity index (χ4n) is 1.25. The van der Waals surface area contributed by atoms with Crippen LogP contribution in [0.3, 0.4) is 0 Å². The lowest BCUT2D eigenvalue weighted by molar-refractivity contribution is 0.192. The molecular weight excluding hydrogens is 199 g/mol. The normalized spacial score (nSPS) is 11.7. The molecule has 0 saturated carbocycles. The summed E-state index contributed by atoms with van der Waals surface area (Å²) in [5.74, 6) is 0. The summed E-state index contributed by atoms with van der Waals surface area (Å²) in [6.45, 7) is 3.11. The lowest BCUT2D eigenvalue weighted by Crippen LogP contribution is -1.89. The molecule has 0 bridgehead atoms. The second kappa shape index (κ2) is 11.1. The van der Waals surface area contributed by atoms with Crippen molar-refractivity contribution in [2.45, 2.75) is 38.5 Å². The monoisotopic (exact) mass is 221 g/mol. The van der Waals surface area contributed by atoms with Gasteiger partial charge in [0.25, 0.3) is 0 Å². The molecule has 0 radical (unpaired) electrons. The maximum absolute atomic E-state index is 10.6. The number of hydrogen-bond acceptors (Lipinski definition) is 3. The second-order valence-corrected chi connectivity index (χ2v) is 4.52. The number of rotatable bonds is 10. The molecule has 0 fully saturated rings. The topological polar surface area (TPSA) is 35.5 Å². The van der Waals surface area contributed by atoms with Gasteiger partial charge in [0.2, 0.25) is 0 Å². The highest BCUT2D eigenvalue weighted by molar-refractivity contribution is 7.38. The van der Waals surface area contributed by atoms with Gasteiger partial charge in [-0.2, -0.15) is 0 Å². The first kappa shape index (κ1) is 14.0. The molecule has 3 nitrogen and oxygen atoms in total. The van der Waals surface area contributed by atoms with E-state index >= 15 is 0 Å². The van der Waals surface area contributed by atoms with Crippen LogP contribution in [0.1, 0.15) is 38.5 Å². The largest absolute Gasteiger partial charge is 0.504 e. The first-order chi connectivity index (χ1) is 6.77. The zero-order valence-electron chi connectivity index (χ0n) is 9.33. The Morgan fingerprint density at radius 1 is 0.929 bits per heavy atom. The van der Waals surface area contributed by atoms with Gasteiger partial charge >= 0.3 is 8.03 Å². The van der Waals surface area contributed by atoms with E-state index < -0.39 is 8.03 Å². The molecule has 0 amide bonds. The van der Waals surface area contributed by atoms with Gasteiger partial charge in [-0.05, 0) is 17.4 Å².